The first kappa shape index (κ1) is 12.1. The number of nitrogens with zero attached hydrogens (tertiary/aromatic N) is 2. The zero-order valence-corrected chi connectivity index (χ0v) is 10.3. The van der Waals surface area contributed by atoms with Crippen molar-refractivity contribution in [2.75, 3.05) is 11.9 Å². The second-order valence-electron chi connectivity index (χ2n) is 4.17. The minimum atomic E-state index is -0.492. The molecule has 90 valence electrons. The fourth-order valence-corrected chi connectivity index (χ4v) is 1.72. The number of anilines is 2. The van der Waals surface area contributed by atoms with Crippen LogP contribution in [0.4, 0.5) is 15.8 Å². The molecule has 0 atom stereocenters. The topological polar surface area (TPSA) is 27.0 Å². The fraction of sp³-hybridized carbons (Fsp3) is 0.133. The van der Waals surface area contributed by atoms with Crippen LogP contribution >= 0.6 is 0 Å². The Bertz CT molecular complexity index is 597. The van der Waals surface area contributed by atoms with E-state index < -0.39 is 5.82 Å². The van der Waals surface area contributed by atoms with E-state index in [1.54, 1.807) is 6.07 Å². The summed E-state index contributed by atoms with van der Waals surface area (Å²) < 4.78 is 13.5. The van der Waals surface area contributed by atoms with Crippen LogP contribution in [0.3, 0.4) is 0 Å². The number of aryl methyl sites for hydroxylation is 1. The van der Waals surface area contributed by atoms with Crippen LogP contribution in [0.1, 0.15) is 11.1 Å². The summed E-state index contributed by atoms with van der Waals surface area (Å²) >= 11 is 0. The van der Waals surface area contributed by atoms with Crippen molar-refractivity contribution in [3.63, 3.8) is 0 Å². The van der Waals surface area contributed by atoms with Crippen molar-refractivity contribution in [3.8, 4) is 6.07 Å². The average molecular weight is 240 g/mol. The van der Waals surface area contributed by atoms with E-state index in [1.165, 1.54) is 17.7 Å². The summed E-state index contributed by atoms with van der Waals surface area (Å²) in [5, 5.41) is 8.69. The summed E-state index contributed by atoms with van der Waals surface area (Å²) in [4.78, 5) is 1.88. The molecule has 0 fully saturated rings. The van der Waals surface area contributed by atoms with E-state index in [4.69, 9.17) is 5.26 Å². The van der Waals surface area contributed by atoms with Crippen molar-refractivity contribution < 1.29 is 4.39 Å². The Morgan fingerprint density at radius 1 is 1.06 bits per heavy atom. The minimum absolute atomic E-state index is 0.0658. The third-order valence-electron chi connectivity index (χ3n) is 2.88. The van der Waals surface area contributed by atoms with Gasteiger partial charge in [-0.25, -0.2) is 4.39 Å². The van der Waals surface area contributed by atoms with E-state index in [1.807, 2.05) is 49.2 Å². The number of benzene rings is 2. The molecule has 2 aromatic rings. The van der Waals surface area contributed by atoms with Gasteiger partial charge >= 0.3 is 0 Å². The number of rotatable bonds is 2. The van der Waals surface area contributed by atoms with Gasteiger partial charge in [-0.15, -0.1) is 0 Å². The molecule has 0 radical (unpaired) electrons. The van der Waals surface area contributed by atoms with Crippen LogP contribution < -0.4 is 4.90 Å². The number of halogens is 1. The normalized spacial score (nSPS) is 9.89. The van der Waals surface area contributed by atoms with Crippen molar-refractivity contribution in [1.29, 1.82) is 5.26 Å². The van der Waals surface area contributed by atoms with Gasteiger partial charge in [-0.3, -0.25) is 0 Å². The number of hydrogen-bond donors (Lipinski definition) is 0. The molecule has 0 amide bonds. The summed E-state index contributed by atoms with van der Waals surface area (Å²) in [6.07, 6.45) is 0. The monoisotopic (exact) mass is 240 g/mol. The van der Waals surface area contributed by atoms with Gasteiger partial charge in [0.1, 0.15) is 11.9 Å². The first-order valence-corrected chi connectivity index (χ1v) is 5.62. The Kier molecular flexibility index (Phi) is 3.29. The van der Waals surface area contributed by atoms with Gasteiger partial charge in [0.25, 0.3) is 0 Å². The van der Waals surface area contributed by atoms with Crippen LogP contribution in [-0.4, -0.2) is 7.05 Å². The second-order valence-corrected chi connectivity index (χ2v) is 4.17. The molecular weight excluding hydrogens is 227 g/mol. The molecule has 3 heteroatoms. The first-order valence-electron chi connectivity index (χ1n) is 5.62. The molecule has 18 heavy (non-hydrogen) atoms. The molecule has 2 nitrogen and oxygen atoms in total. The summed E-state index contributed by atoms with van der Waals surface area (Å²) in [5.41, 5.74) is 2.94. The van der Waals surface area contributed by atoms with Crippen LogP contribution in [-0.2, 0) is 0 Å². The molecule has 0 spiro atoms. The standard InChI is InChI=1S/C15H13FN2/c1-11-3-6-13(7-4-11)18(2)14-8-5-12(10-17)15(16)9-14/h3-9H,1-2H3. The molecule has 0 unspecified atom stereocenters. The highest BCUT2D eigenvalue weighted by Crippen LogP contribution is 2.25. The lowest BCUT2D eigenvalue weighted by molar-refractivity contribution is 0.624. The van der Waals surface area contributed by atoms with Crippen LogP contribution in [0.2, 0.25) is 0 Å². The Labute approximate surface area is 106 Å². The van der Waals surface area contributed by atoms with E-state index in [0.29, 0.717) is 0 Å². The molecule has 0 bridgehead atoms. The average Bonchev–Trinajstić information content (AvgIpc) is 2.38. The molecule has 0 aliphatic carbocycles. The minimum Gasteiger partial charge on any atom is -0.345 e. The summed E-state index contributed by atoms with van der Waals surface area (Å²) in [6, 6.07) is 14.4. The zero-order valence-electron chi connectivity index (χ0n) is 10.3. The molecule has 2 rings (SSSR count). The van der Waals surface area contributed by atoms with Gasteiger partial charge in [0.15, 0.2) is 0 Å². The van der Waals surface area contributed by atoms with Crippen molar-refractivity contribution in [3.05, 3.63) is 59.4 Å². The lowest BCUT2D eigenvalue weighted by Crippen LogP contribution is -2.09. The van der Waals surface area contributed by atoms with E-state index in [9.17, 15) is 4.39 Å². The van der Waals surface area contributed by atoms with E-state index in [-0.39, 0.29) is 5.56 Å². The van der Waals surface area contributed by atoms with E-state index in [2.05, 4.69) is 0 Å². The molecule has 0 aliphatic rings. The predicted octanol–water partition coefficient (Wildman–Crippen LogP) is 3.77. The smallest absolute Gasteiger partial charge is 0.143 e. The Morgan fingerprint density at radius 2 is 1.67 bits per heavy atom. The van der Waals surface area contributed by atoms with Crippen LogP contribution in [0.25, 0.3) is 0 Å². The van der Waals surface area contributed by atoms with Gasteiger partial charge in [0.05, 0.1) is 5.56 Å². The highest BCUT2D eigenvalue weighted by atomic mass is 19.1. The van der Waals surface area contributed by atoms with Gasteiger partial charge < -0.3 is 4.90 Å². The van der Waals surface area contributed by atoms with E-state index in [0.717, 1.165) is 11.4 Å². The lowest BCUT2D eigenvalue weighted by Gasteiger charge is -2.19. The van der Waals surface area contributed by atoms with Gasteiger partial charge in [0.2, 0.25) is 0 Å². The quantitative estimate of drug-likeness (QED) is 0.798. The van der Waals surface area contributed by atoms with Gasteiger partial charge in [0, 0.05) is 18.4 Å². The molecule has 0 aliphatic heterocycles. The van der Waals surface area contributed by atoms with Crippen LogP contribution in [0.15, 0.2) is 42.5 Å². The number of nitriles is 1. The second kappa shape index (κ2) is 4.89. The highest BCUT2D eigenvalue weighted by molar-refractivity contribution is 5.63. The lowest BCUT2D eigenvalue weighted by atomic mass is 10.1. The van der Waals surface area contributed by atoms with Crippen molar-refractivity contribution in [2.24, 2.45) is 0 Å². The van der Waals surface area contributed by atoms with Gasteiger partial charge in [-0.05, 0) is 37.3 Å². The van der Waals surface area contributed by atoms with Crippen molar-refractivity contribution in [2.45, 2.75) is 6.92 Å². The highest BCUT2D eigenvalue weighted by Gasteiger charge is 2.07. The maximum absolute atomic E-state index is 13.5. The summed E-state index contributed by atoms with van der Waals surface area (Å²) in [6.45, 7) is 2.02. The third kappa shape index (κ3) is 2.33. The number of hydrogen-bond acceptors (Lipinski definition) is 2. The molecular formula is C15H13FN2. The van der Waals surface area contributed by atoms with Crippen molar-refractivity contribution >= 4 is 11.4 Å². The Balaban J connectivity index is 2.34. The largest absolute Gasteiger partial charge is 0.345 e. The predicted molar refractivity (Wildman–Crippen MR) is 70.4 cm³/mol. The summed E-state index contributed by atoms with van der Waals surface area (Å²) in [7, 11) is 1.87. The Hall–Kier alpha value is -2.34. The molecule has 0 heterocycles. The SMILES string of the molecule is Cc1ccc(N(C)c2ccc(C#N)c(F)c2)cc1. The van der Waals surface area contributed by atoms with Crippen LogP contribution in [0.5, 0.6) is 0 Å². The van der Waals surface area contributed by atoms with Gasteiger partial charge in [-0.1, -0.05) is 17.7 Å². The van der Waals surface area contributed by atoms with Crippen LogP contribution in [0, 0.1) is 24.1 Å². The van der Waals surface area contributed by atoms with E-state index >= 15 is 0 Å². The molecule has 0 N–H and O–H groups in total. The van der Waals surface area contributed by atoms with Gasteiger partial charge in [-0.2, -0.15) is 5.26 Å². The third-order valence-corrected chi connectivity index (χ3v) is 2.88. The van der Waals surface area contributed by atoms with Crippen molar-refractivity contribution in [1.82, 2.24) is 0 Å². The molecule has 2 aromatic carbocycles. The molecule has 0 saturated carbocycles. The summed E-state index contributed by atoms with van der Waals surface area (Å²) in [5.74, 6) is -0.492. The first-order chi connectivity index (χ1) is 8.61. The maximum Gasteiger partial charge on any atom is 0.143 e. The zero-order chi connectivity index (χ0) is 13.1. The molecule has 0 aromatic heterocycles. The molecule has 0 saturated heterocycles. The maximum atomic E-state index is 13.5. The Morgan fingerprint density at radius 3 is 2.22 bits per heavy atom. The fourth-order valence-electron chi connectivity index (χ4n) is 1.72.